The van der Waals surface area contributed by atoms with Crippen LogP contribution in [0.2, 0.25) is 0 Å². The Morgan fingerprint density at radius 1 is 1.13 bits per heavy atom. The molecule has 0 bridgehead atoms. The summed E-state index contributed by atoms with van der Waals surface area (Å²) in [6.07, 6.45) is 1.44. The molecular weight excluding hydrogens is 580 g/mol. The highest BCUT2D eigenvalue weighted by molar-refractivity contribution is 6.01. The molecule has 2 aromatic rings. The zero-order valence-electron chi connectivity index (χ0n) is 25.9. The first-order valence-electron chi connectivity index (χ1n) is 15.2. The number of aliphatic imine (C=N–C) groups is 1. The summed E-state index contributed by atoms with van der Waals surface area (Å²) < 4.78 is 17.7. The molecule has 0 saturated heterocycles. The largest absolute Gasteiger partial charge is 0.494 e. The molecule has 1 aliphatic carbocycles. The van der Waals surface area contributed by atoms with Crippen molar-refractivity contribution in [3.05, 3.63) is 70.1 Å². The third kappa shape index (κ3) is 8.95. The number of nitrogens with one attached hydrogen (secondary N) is 2. The van der Waals surface area contributed by atoms with Gasteiger partial charge in [-0.1, -0.05) is 29.4 Å². The lowest BCUT2D eigenvalue weighted by Crippen LogP contribution is -2.55. The van der Waals surface area contributed by atoms with Crippen LogP contribution in [0.25, 0.3) is 10.4 Å². The summed E-state index contributed by atoms with van der Waals surface area (Å²) in [6.45, 7) is 5.68. The number of aliphatic hydroxyl groups excluding tert-OH is 2. The lowest BCUT2D eigenvalue weighted by molar-refractivity contribution is -0.155. The van der Waals surface area contributed by atoms with Crippen LogP contribution in [0.15, 0.2) is 58.6 Å². The van der Waals surface area contributed by atoms with Crippen LogP contribution in [0.1, 0.15) is 82.9 Å². The summed E-state index contributed by atoms with van der Waals surface area (Å²) >= 11 is 0. The van der Waals surface area contributed by atoms with E-state index in [-0.39, 0.29) is 43.2 Å². The minimum Gasteiger partial charge on any atom is -0.494 e. The molecule has 0 aromatic heterocycles. The minimum absolute atomic E-state index is 0.0203. The molecule has 4 N–H and O–H groups in total. The van der Waals surface area contributed by atoms with Crippen LogP contribution in [0.4, 0.5) is 5.69 Å². The van der Waals surface area contributed by atoms with Crippen LogP contribution in [0.5, 0.6) is 5.75 Å². The van der Waals surface area contributed by atoms with E-state index < -0.39 is 29.1 Å². The third-order valence-electron chi connectivity index (χ3n) is 7.62. The lowest BCUT2D eigenvalue weighted by atomic mass is 9.83. The van der Waals surface area contributed by atoms with Gasteiger partial charge in [-0.25, -0.2) is 10.4 Å². The molecule has 13 nitrogen and oxygen atoms in total. The maximum absolute atomic E-state index is 14.3. The number of carbonyl (C=O) groups is 2. The Labute approximate surface area is 262 Å². The summed E-state index contributed by atoms with van der Waals surface area (Å²) in [5.74, 6) is -0.277. The normalized spacial score (nSPS) is 22.9. The highest BCUT2D eigenvalue weighted by atomic mass is 16.6. The molecule has 1 aliphatic heterocycles. The number of esters is 1. The molecule has 242 valence electrons. The van der Waals surface area contributed by atoms with Gasteiger partial charge in [0.15, 0.2) is 11.6 Å². The SMILES string of the molecule is CC(C)(C)OC(=O)CC[C@]1(C(=O)NNC2CCC(O)CC2)N=C(c2ccc(OCCCO)cc2)O[C@H]1c1ccccc1N=[N+]=[N-]. The molecule has 45 heavy (non-hydrogen) atoms. The van der Waals surface area contributed by atoms with Gasteiger partial charge in [0.2, 0.25) is 5.90 Å². The predicted molar refractivity (Wildman–Crippen MR) is 167 cm³/mol. The van der Waals surface area contributed by atoms with E-state index in [2.05, 4.69) is 20.9 Å². The maximum atomic E-state index is 14.3. The zero-order valence-corrected chi connectivity index (χ0v) is 25.9. The molecule has 0 unspecified atom stereocenters. The first kappa shape index (κ1) is 33.7. The van der Waals surface area contributed by atoms with Gasteiger partial charge in [0, 0.05) is 47.2 Å². The average Bonchev–Trinajstić information content (AvgIpc) is 3.40. The molecule has 13 heteroatoms. The Balaban J connectivity index is 1.73. The molecule has 1 saturated carbocycles. The van der Waals surface area contributed by atoms with Gasteiger partial charge in [-0.2, -0.15) is 0 Å². The van der Waals surface area contributed by atoms with Gasteiger partial charge in [-0.15, -0.1) is 0 Å². The molecule has 1 heterocycles. The smallest absolute Gasteiger partial charge is 0.306 e. The average molecular weight is 623 g/mol. The van der Waals surface area contributed by atoms with E-state index in [0.717, 1.165) is 0 Å². The van der Waals surface area contributed by atoms with Gasteiger partial charge >= 0.3 is 5.97 Å². The summed E-state index contributed by atoms with van der Waals surface area (Å²) in [5, 5.41) is 22.8. The van der Waals surface area contributed by atoms with Gasteiger partial charge in [0.25, 0.3) is 5.91 Å². The number of carbonyl (C=O) groups excluding carboxylic acids is 2. The van der Waals surface area contributed by atoms with E-state index in [1.807, 2.05) is 0 Å². The van der Waals surface area contributed by atoms with E-state index in [1.165, 1.54) is 0 Å². The number of hydrogen-bond acceptors (Lipinski definition) is 10. The number of ether oxygens (including phenoxy) is 3. The monoisotopic (exact) mass is 622 g/mol. The van der Waals surface area contributed by atoms with Crippen molar-refractivity contribution in [1.29, 1.82) is 0 Å². The van der Waals surface area contributed by atoms with E-state index in [9.17, 15) is 20.2 Å². The summed E-state index contributed by atoms with van der Waals surface area (Å²) in [7, 11) is 0. The molecule has 2 aromatic carbocycles. The number of hydrogen-bond donors (Lipinski definition) is 4. The molecule has 1 fully saturated rings. The molecule has 0 spiro atoms. The van der Waals surface area contributed by atoms with Gasteiger partial charge in [-0.05, 0) is 82.7 Å². The molecule has 1 amide bonds. The van der Waals surface area contributed by atoms with Gasteiger partial charge in [-0.3, -0.25) is 15.0 Å². The van der Waals surface area contributed by atoms with Crippen LogP contribution in [-0.4, -0.2) is 64.5 Å². The molecule has 4 rings (SSSR count). The Morgan fingerprint density at radius 2 is 1.84 bits per heavy atom. The fourth-order valence-corrected chi connectivity index (χ4v) is 5.38. The number of hydrazine groups is 1. The van der Waals surface area contributed by atoms with E-state index in [1.54, 1.807) is 69.3 Å². The Hall–Kier alpha value is -4.16. The van der Waals surface area contributed by atoms with Gasteiger partial charge < -0.3 is 24.4 Å². The van der Waals surface area contributed by atoms with Crippen molar-refractivity contribution in [1.82, 2.24) is 10.9 Å². The Kier molecular flexibility index (Phi) is 11.4. The van der Waals surface area contributed by atoms with E-state index in [4.69, 9.17) is 24.3 Å². The summed E-state index contributed by atoms with van der Waals surface area (Å²) in [5.41, 5.74) is 14.1. The Morgan fingerprint density at radius 3 is 2.51 bits per heavy atom. The molecule has 2 aliphatic rings. The quantitative estimate of drug-likeness (QED) is 0.0618. The maximum Gasteiger partial charge on any atom is 0.306 e. The van der Waals surface area contributed by atoms with Crippen molar-refractivity contribution in [2.45, 2.75) is 95.1 Å². The Bertz CT molecular complexity index is 1400. The van der Waals surface area contributed by atoms with Crippen molar-refractivity contribution >= 4 is 23.5 Å². The molecular formula is C32H42N6O7. The third-order valence-corrected chi connectivity index (χ3v) is 7.62. The van der Waals surface area contributed by atoms with Crippen molar-refractivity contribution in [2.24, 2.45) is 10.1 Å². The topological polar surface area (TPSA) is 187 Å². The fraction of sp³-hybridized carbons (Fsp3) is 0.531. The number of benzene rings is 2. The second-order valence-corrected chi connectivity index (χ2v) is 12.2. The summed E-state index contributed by atoms with van der Waals surface area (Å²) in [4.78, 5) is 35.1. The van der Waals surface area contributed by atoms with Crippen LogP contribution in [0, 0.1) is 0 Å². The molecule has 2 atom stereocenters. The number of nitrogens with zero attached hydrogens (tertiary/aromatic N) is 4. The first-order valence-corrected chi connectivity index (χ1v) is 15.2. The second-order valence-electron chi connectivity index (χ2n) is 12.2. The second kappa shape index (κ2) is 15.2. The first-order chi connectivity index (χ1) is 21.5. The predicted octanol–water partition coefficient (Wildman–Crippen LogP) is 4.69. The van der Waals surface area contributed by atoms with E-state index >= 15 is 0 Å². The standard InChI is InChI=1S/C32H42N6O7/c1-31(2,3)45-27(41)17-18-32(30(42)37-35-22-11-13-23(40)14-12-22)28(25-7-4-5-8-26(25)36-38-33)44-29(34-32)21-9-15-24(16-10-21)43-20-6-19-39/h4-5,7-10,15-16,22-23,28,35,39-40H,6,11-14,17-20H2,1-3H3,(H,37,42)/t22?,23?,28-,32-/m0/s1. The van der Waals surface area contributed by atoms with Crippen molar-refractivity contribution in [3.63, 3.8) is 0 Å². The zero-order chi connectivity index (χ0) is 32.5. The van der Waals surface area contributed by atoms with Crippen molar-refractivity contribution in [2.75, 3.05) is 13.2 Å². The van der Waals surface area contributed by atoms with Crippen LogP contribution < -0.4 is 15.6 Å². The lowest BCUT2D eigenvalue weighted by Gasteiger charge is -2.33. The minimum atomic E-state index is -1.66. The van der Waals surface area contributed by atoms with Crippen molar-refractivity contribution < 1.29 is 34.0 Å². The number of rotatable bonds is 13. The molecule has 0 radical (unpaired) electrons. The van der Waals surface area contributed by atoms with Crippen LogP contribution >= 0.6 is 0 Å². The fourth-order valence-electron chi connectivity index (χ4n) is 5.38. The van der Waals surface area contributed by atoms with Crippen molar-refractivity contribution in [3.8, 4) is 5.75 Å². The van der Waals surface area contributed by atoms with Gasteiger partial charge in [0.05, 0.1) is 12.7 Å². The van der Waals surface area contributed by atoms with Crippen LogP contribution in [0.3, 0.4) is 0 Å². The van der Waals surface area contributed by atoms with Crippen LogP contribution in [-0.2, 0) is 19.1 Å². The van der Waals surface area contributed by atoms with Gasteiger partial charge in [0.1, 0.15) is 11.4 Å². The van der Waals surface area contributed by atoms with E-state index in [0.29, 0.717) is 55.6 Å². The highest BCUT2D eigenvalue weighted by Crippen LogP contribution is 2.46. The number of aliphatic hydroxyl groups is 2. The number of azide groups is 1. The highest BCUT2D eigenvalue weighted by Gasteiger charge is 2.54. The number of amides is 1. The summed E-state index contributed by atoms with van der Waals surface area (Å²) in [6, 6.07) is 13.7.